The second-order valence-corrected chi connectivity index (χ2v) is 5.42. The van der Waals surface area contributed by atoms with E-state index in [2.05, 4.69) is 0 Å². The summed E-state index contributed by atoms with van der Waals surface area (Å²) in [6.07, 6.45) is -1.23. The predicted molar refractivity (Wildman–Crippen MR) is 79.8 cm³/mol. The highest BCUT2D eigenvalue weighted by atomic mass is 16.6. The lowest BCUT2D eigenvalue weighted by atomic mass is 9.88. The van der Waals surface area contributed by atoms with Crippen LogP contribution in [0.15, 0.2) is 48.5 Å². The van der Waals surface area contributed by atoms with Crippen LogP contribution in [0.25, 0.3) is 21.9 Å². The third kappa shape index (κ3) is 1.32. The largest absolute Gasteiger partial charge is 0.456 e. The zero-order chi connectivity index (χ0) is 14.8. The maximum Gasteiger partial charge on any atom is 0.341 e. The number of esters is 1. The maximum absolute atomic E-state index is 12.0. The van der Waals surface area contributed by atoms with Crippen LogP contribution in [-0.4, -0.2) is 11.1 Å². The molecule has 106 valence electrons. The van der Waals surface area contributed by atoms with Crippen LogP contribution < -0.4 is 4.74 Å². The van der Waals surface area contributed by atoms with Gasteiger partial charge in [-0.1, -0.05) is 24.3 Å². The Labute approximate surface area is 125 Å². The van der Waals surface area contributed by atoms with Gasteiger partial charge in [-0.3, -0.25) is 0 Å². The van der Waals surface area contributed by atoms with Crippen molar-refractivity contribution in [3.63, 3.8) is 0 Å². The van der Waals surface area contributed by atoms with E-state index in [-0.39, 0.29) is 0 Å². The minimum atomic E-state index is -1.23. The Bertz CT molecular complexity index is 974. The van der Waals surface area contributed by atoms with E-state index in [1.165, 1.54) is 0 Å². The molecule has 3 aromatic carbocycles. The van der Waals surface area contributed by atoms with Crippen molar-refractivity contribution in [2.24, 2.45) is 0 Å². The summed E-state index contributed by atoms with van der Waals surface area (Å²) in [7, 11) is 0. The maximum atomic E-state index is 12.0. The van der Waals surface area contributed by atoms with Crippen molar-refractivity contribution >= 4 is 16.7 Å². The number of carbonyl (C=O) groups is 1. The second kappa shape index (κ2) is 3.87. The lowest BCUT2D eigenvalue weighted by Gasteiger charge is -2.27. The Morgan fingerprint density at radius 1 is 0.818 bits per heavy atom. The molecule has 0 fully saturated rings. The summed E-state index contributed by atoms with van der Waals surface area (Å²) in [6, 6.07) is 15.0. The van der Waals surface area contributed by atoms with Gasteiger partial charge in [-0.15, -0.1) is 0 Å². The summed E-state index contributed by atoms with van der Waals surface area (Å²) >= 11 is 0. The van der Waals surface area contributed by atoms with Crippen LogP contribution in [0, 0.1) is 0 Å². The molecular weight excluding hydrogens is 280 g/mol. The van der Waals surface area contributed by atoms with E-state index in [1.807, 2.05) is 36.4 Å². The monoisotopic (exact) mass is 290 g/mol. The fourth-order valence-corrected chi connectivity index (χ4v) is 3.30. The molecule has 0 saturated heterocycles. The van der Waals surface area contributed by atoms with Gasteiger partial charge in [0.2, 0.25) is 6.29 Å². The number of aliphatic hydroxyl groups excluding tert-OH is 1. The van der Waals surface area contributed by atoms with E-state index in [4.69, 9.17) is 9.47 Å². The third-order valence-electron chi connectivity index (χ3n) is 4.26. The molecule has 0 aliphatic carbocycles. The SMILES string of the molecule is O=C1OC(O)c2ccc3c4c(ccc1c24)-c1ccccc1O3. The molecule has 2 aliphatic heterocycles. The molecule has 0 aromatic heterocycles. The van der Waals surface area contributed by atoms with E-state index in [1.54, 1.807) is 12.1 Å². The number of para-hydroxylation sites is 1. The number of benzene rings is 3. The van der Waals surface area contributed by atoms with Gasteiger partial charge in [0.25, 0.3) is 0 Å². The first kappa shape index (κ1) is 11.8. The molecule has 0 saturated carbocycles. The van der Waals surface area contributed by atoms with E-state index in [0.717, 1.165) is 22.3 Å². The molecule has 0 bridgehead atoms. The van der Waals surface area contributed by atoms with Crippen LogP contribution in [-0.2, 0) is 4.74 Å². The normalized spacial score (nSPS) is 17.7. The van der Waals surface area contributed by atoms with Crippen molar-refractivity contribution in [3.05, 3.63) is 59.7 Å². The zero-order valence-electron chi connectivity index (χ0n) is 11.4. The highest BCUT2D eigenvalue weighted by Crippen LogP contribution is 2.49. The van der Waals surface area contributed by atoms with Crippen molar-refractivity contribution in [1.82, 2.24) is 0 Å². The topological polar surface area (TPSA) is 55.8 Å². The summed E-state index contributed by atoms with van der Waals surface area (Å²) in [4.78, 5) is 12.0. The van der Waals surface area contributed by atoms with Crippen molar-refractivity contribution in [1.29, 1.82) is 0 Å². The van der Waals surface area contributed by atoms with Crippen LogP contribution >= 0.6 is 0 Å². The van der Waals surface area contributed by atoms with Crippen molar-refractivity contribution in [2.45, 2.75) is 6.29 Å². The number of fused-ring (bicyclic) bond motifs is 2. The first-order chi connectivity index (χ1) is 10.7. The van der Waals surface area contributed by atoms with Crippen molar-refractivity contribution < 1.29 is 19.4 Å². The van der Waals surface area contributed by atoms with E-state index < -0.39 is 12.3 Å². The number of hydrogen-bond donors (Lipinski definition) is 1. The molecule has 0 amide bonds. The van der Waals surface area contributed by atoms with Crippen LogP contribution in [0.4, 0.5) is 0 Å². The van der Waals surface area contributed by atoms with Gasteiger partial charge in [0.05, 0.1) is 5.56 Å². The van der Waals surface area contributed by atoms with E-state index in [0.29, 0.717) is 22.3 Å². The Kier molecular flexibility index (Phi) is 2.07. The van der Waals surface area contributed by atoms with Gasteiger partial charge in [-0.05, 0) is 29.8 Å². The van der Waals surface area contributed by atoms with Crippen LogP contribution in [0.5, 0.6) is 11.5 Å². The van der Waals surface area contributed by atoms with Crippen LogP contribution in [0.1, 0.15) is 22.2 Å². The van der Waals surface area contributed by atoms with Gasteiger partial charge in [-0.25, -0.2) is 4.79 Å². The Balaban J connectivity index is 1.99. The average molecular weight is 290 g/mol. The minimum absolute atomic E-state index is 0.462. The molecule has 5 rings (SSSR count). The summed E-state index contributed by atoms with van der Waals surface area (Å²) in [5.74, 6) is 0.968. The molecule has 0 spiro atoms. The quantitative estimate of drug-likeness (QED) is 0.501. The Hall–Kier alpha value is -2.85. The van der Waals surface area contributed by atoms with Gasteiger partial charge in [-0.2, -0.15) is 0 Å². The van der Waals surface area contributed by atoms with Crippen molar-refractivity contribution in [2.75, 3.05) is 0 Å². The molecule has 4 nitrogen and oxygen atoms in total. The van der Waals surface area contributed by atoms with E-state index >= 15 is 0 Å². The molecule has 3 aromatic rings. The predicted octanol–water partition coefficient (Wildman–Crippen LogP) is 3.77. The summed E-state index contributed by atoms with van der Waals surface area (Å²) in [5, 5.41) is 11.6. The van der Waals surface area contributed by atoms with Gasteiger partial charge in [0.1, 0.15) is 11.5 Å². The number of carbonyl (C=O) groups excluding carboxylic acids is 1. The molecule has 4 heteroatoms. The molecular formula is C18H10O4. The van der Waals surface area contributed by atoms with E-state index in [9.17, 15) is 9.90 Å². The number of hydrogen-bond acceptors (Lipinski definition) is 4. The summed E-state index contributed by atoms with van der Waals surface area (Å²) in [5.41, 5.74) is 3.04. The Morgan fingerprint density at radius 3 is 2.55 bits per heavy atom. The highest BCUT2D eigenvalue weighted by Gasteiger charge is 2.31. The molecule has 1 N–H and O–H groups in total. The molecule has 2 heterocycles. The number of aliphatic hydroxyl groups is 1. The summed E-state index contributed by atoms with van der Waals surface area (Å²) < 4.78 is 10.9. The number of cyclic esters (lactones) is 1. The first-order valence-electron chi connectivity index (χ1n) is 7.00. The molecule has 22 heavy (non-hydrogen) atoms. The molecule has 1 atom stereocenters. The lowest BCUT2D eigenvalue weighted by Crippen LogP contribution is -2.18. The minimum Gasteiger partial charge on any atom is -0.456 e. The smallest absolute Gasteiger partial charge is 0.341 e. The average Bonchev–Trinajstić information content (AvgIpc) is 2.54. The van der Waals surface area contributed by atoms with Crippen LogP contribution in [0.3, 0.4) is 0 Å². The third-order valence-corrected chi connectivity index (χ3v) is 4.26. The fraction of sp³-hybridized carbons (Fsp3) is 0.0556. The van der Waals surface area contributed by atoms with Gasteiger partial charge < -0.3 is 14.6 Å². The van der Waals surface area contributed by atoms with Gasteiger partial charge >= 0.3 is 5.97 Å². The fourth-order valence-electron chi connectivity index (χ4n) is 3.30. The Morgan fingerprint density at radius 2 is 1.64 bits per heavy atom. The first-order valence-corrected chi connectivity index (χ1v) is 7.00. The van der Waals surface area contributed by atoms with Crippen molar-refractivity contribution in [3.8, 4) is 22.6 Å². The summed E-state index contributed by atoms with van der Waals surface area (Å²) in [6.45, 7) is 0. The molecule has 2 aliphatic rings. The van der Waals surface area contributed by atoms with Crippen LogP contribution in [0.2, 0.25) is 0 Å². The molecule has 0 radical (unpaired) electrons. The molecule has 1 unspecified atom stereocenters. The number of ether oxygens (including phenoxy) is 2. The zero-order valence-corrected chi connectivity index (χ0v) is 11.4. The second-order valence-electron chi connectivity index (χ2n) is 5.42. The lowest BCUT2D eigenvalue weighted by molar-refractivity contribution is -0.0686. The highest BCUT2D eigenvalue weighted by molar-refractivity contribution is 6.15. The van der Waals surface area contributed by atoms with Gasteiger partial charge in [0.15, 0.2) is 0 Å². The standard InChI is InChI=1S/C18H10O4/c19-17-11-6-5-10-9-3-1-2-4-13(9)21-14-8-7-12(18(20)22-17)15(11)16(10)14/h1-8,18,20H. The van der Waals surface area contributed by atoms with Gasteiger partial charge in [0, 0.05) is 21.9 Å². The number of rotatable bonds is 0.